The lowest BCUT2D eigenvalue weighted by atomic mass is 9.98. The molecule has 158 valence electrons. The molecule has 0 aliphatic rings. The predicted molar refractivity (Wildman–Crippen MR) is 93.6 cm³/mol. The molecule has 0 aliphatic carbocycles. The maximum atomic E-state index is 12.1. The van der Waals surface area contributed by atoms with Crippen molar-refractivity contribution < 1.29 is 38.6 Å². The van der Waals surface area contributed by atoms with Gasteiger partial charge in [0.2, 0.25) is 6.29 Å². The lowest BCUT2D eigenvalue weighted by Crippen LogP contribution is -2.56. The van der Waals surface area contributed by atoms with Gasteiger partial charge in [0, 0.05) is 25.6 Å². The molecule has 1 amide bonds. The number of aliphatic hydroxyl groups is 1. The number of nitrogens with zero attached hydrogens (tertiary/aromatic N) is 1. The number of alkyl carbamates (subject to hydrolysis) is 1. The molecule has 0 bridgehead atoms. The predicted octanol–water partition coefficient (Wildman–Crippen LogP) is 0.848. The number of rotatable bonds is 11. The van der Waals surface area contributed by atoms with Crippen molar-refractivity contribution >= 4 is 12.1 Å². The number of hydrogen-bond donors (Lipinski definition) is 2. The molecule has 0 aromatic heterocycles. The number of methoxy groups -OCH3 is 2. The second kappa shape index (κ2) is 11.7. The average molecular weight is 394 g/mol. The zero-order chi connectivity index (χ0) is 21.2. The molecule has 0 rings (SSSR count). The first-order valence-electron chi connectivity index (χ1n) is 8.49. The first-order chi connectivity index (χ1) is 12.5. The van der Waals surface area contributed by atoms with E-state index in [-0.39, 0.29) is 19.4 Å². The van der Waals surface area contributed by atoms with Crippen LogP contribution in [0, 0.1) is 10.1 Å². The van der Waals surface area contributed by atoms with Crippen molar-refractivity contribution in [2.45, 2.75) is 70.6 Å². The molecule has 0 radical (unpaired) electrons. The lowest BCUT2D eigenvalue weighted by molar-refractivity contribution is -0.560. The summed E-state index contributed by atoms with van der Waals surface area (Å²) in [5.41, 5.74) is -0.815. The van der Waals surface area contributed by atoms with E-state index in [9.17, 15) is 24.8 Å². The first-order valence-corrected chi connectivity index (χ1v) is 8.49. The van der Waals surface area contributed by atoms with Gasteiger partial charge in [0.05, 0.1) is 12.6 Å². The van der Waals surface area contributed by atoms with Crippen LogP contribution >= 0.6 is 0 Å². The van der Waals surface area contributed by atoms with Crippen LogP contribution in [0.1, 0.15) is 40.5 Å². The smallest absolute Gasteiger partial charge is 0.407 e. The third-order valence-electron chi connectivity index (χ3n) is 3.42. The highest BCUT2D eigenvalue weighted by Gasteiger charge is 2.44. The minimum Gasteiger partial charge on any atom is -0.466 e. The highest BCUT2D eigenvalue weighted by molar-refractivity contribution is 5.70. The van der Waals surface area contributed by atoms with E-state index in [0.717, 1.165) is 0 Å². The Bertz CT molecular complexity index is 489. The molecule has 11 heteroatoms. The van der Waals surface area contributed by atoms with E-state index < -0.39 is 47.1 Å². The van der Waals surface area contributed by atoms with Crippen LogP contribution in [0.25, 0.3) is 0 Å². The van der Waals surface area contributed by atoms with Gasteiger partial charge in [0.25, 0.3) is 6.04 Å². The summed E-state index contributed by atoms with van der Waals surface area (Å²) in [4.78, 5) is 34.3. The minimum atomic E-state index is -1.72. The molecule has 0 unspecified atom stereocenters. The fraction of sp³-hybridized carbons (Fsp3) is 0.875. The summed E-state index contributed by atoms with van der Waals surface area (Å²) in [6.07, 6.45) is -4.24. The summed E-state index contributed by atoms with van der Waals surface area (Å²) in [5, 5.41) is 24.3. The van der Waals surface area contributed by atoms with Gasteiger partial charge in [-0.2, -0.15) is 0 Å². The standard InChI is InChI=1S/C16H30N2O9/c1-7-26-11(19)9-8-10(17-15(21)27-16(2,3)4)13(20)12(18(22)23)14(24-5)25-6/h10,12-14,20H,7-9H2,1-6H3,(H,17,21)/t10-,12+,13-/m0/s1. The Morgan fingerprint density at radius 1 is 1.22 bits per heavy atom. The lowest BCUT2D eigenvalue weighted by Gasteiger charge is -2.29. The summed E-state index contributed by atoms with van der Waals surface area (Å²) >= 11 is 0. The summed E-state index contributed by atoms with van der Waals surface area (Å²) in [7, 11) is 2.37. The van der Waals surface area contributed by atoms with Crippen LogP contribution in [0.15, 0.2) is 0 Å². The van der Waals surface area contributed by atoms with Gasteiger partial charge in [-0.15, -0.1) is 0 Å². The number of esters is 1. The molecule has 0 saturated carbocycles. The van der Waals surface area contributed by atoms with Gasteiger partial charge in [-0.1, -0.05) is 0 Å². The summed E-state index contributed by atoms with van der Waals surface area (Å²) < 4.78 is 19.7. The second-order valence-electron chi connectivity index (χ2n) is 6.70. The zero-order valence-electron chi connectivity index (χ0n) is 16.6. The maximum absolute atomic E-state index is 12.1. The van der Waals surface area contributed by atoms with Crippen LogP contribution < -0.4 is 5.32 Å². The number of carbonyl (C=O) groups excluding carboxylic acids is 2. The SMILES string of the molecule is CCOC(=O)CC[C@H](NC(=O)OC(C)(C)C)[C@H](O)[C@H](C(OC)OC)[N+](=O)[O-]. The number of ether oxygens (including phenoxy) is 4. The van der Waals surface area contributed by atoms with Crippen LogP contribution in [-0.2, 0) is 23.7 Å². The van der Waals surface area contributed by atoms with Crippen molar-refractivity contribution in [1.29, 1.82) is 0 Å². The third kappa shape index (κ3) is 9.50. The average Bonchev–Trinajstić information content (AvgIpc) is 2.53. The van der Waals surface area contributed by atoms with Gasteiger partial charge in [-0.05, 0) is 34.1 Å². The summed E-state index contributed by atoms with van der Waals surface area (Å²) in [5.74, 6) is -0.562. The number of carbonyl (C=O) groups is 2. The fourth-order valence-electron chi connectivity index (χ4n) is 2.29. The van der Waals surface area contributed by atoms with Crippen molar-refractivity contribution in [3.63, 3.8) is 0 Å². The van der Waals surface area contributed by atoms with Crippen molar-refractivity contribution in [3.8, 4) is 0 Å². The largest absolute Gasteiger partial charge is 0.466 e. The molecule has 0 saturated heterocycles. The van der Waals surface area contributed by atoms with E-state index in [1.165, 1.54) is 14.2 Å². The van der Waals surface area contributed by atoms with Gasteiger partial charge >= 0.3 is 12.1 Å². The Labute approximate surface area is 158 Å². The van der Waals surface area contributed by atoms with Crippen molar-refractivity contribution in [2.24, 2.45) is 0 Å². The van der Waals surface area contributed by atoms with E-state index in [4.69, 9.17) is 18.9 Å². The van der Waals surface area contributed by atoms with Gasteiger partial charge in [-0.25, -0.2) is 4.79 Å². The van der Waals surface area contributed by atoms with Gasteiger partial charge < -0.3 is 29.4 Å². The molecule has 11 nitrogen and oxygen atoms in total. The van der Waals surface area contributed by atoms with E-state index in [0.29, 0.717) is 0 Å². The van der Waals surface area contributed by atoms with Gasteiger partial charge in [0.1, 0.15) is 11.7 Å². The highest BCUT2D eigenvalue weighted by Crippen LogP contribution is 2.16. The molecule has 0 aromatic carbocycles. The summed E-state index contributed by atoms with van der Waals surface area (Å²) in [6, 6.07) is -2.88. The topological polar surface area (TPSA) is 146 Å². The minimum absolute atomic E-state index is 0.107. The van der Waals surface area contributed by atoms with Crippen LogP contribution in [0.4, 0.5) is 4.79 Å². The highest BCUT2D eigenvalue weighted by atomic mass is 16.7. The van der Waals surface area contributed by atoms with E-state index in [1.807, 2.05) is 0 Å². The number of hydrogen-bond acceptors (Lipinski definition) is 9. The Morgan fingerprint density at radius 3 is 2.19 bits per heavy atom. The van der Waals surface area contributed by atoms with Crippen LogP contribution in [0.3, 0.4) is 0 Å². The number of aliphatic hydroxyl groups excluding tert-OH is 1. The second-order valence-corrected chi connectivity index (χ2v) is 6.70. The van der Waals surface area contributed by atoms with Crippen LogP contribution in [0.2, 0.25) is 0 Å². The molecule has 27 heavy (non-hydrogen) atoms. The zero-order valence-corrected chi connectivity index (χ0v) is 16.6. The number of nitro groups is 1. The van der Waals surface area contributed by atoms with E-state index >= 15 is 0 Å². The van der Waals surface area contributed by atoms with Crippen molar-refractivity contribution in [1.82, 2.24) is 5.32 Å². The molecule has 0 fully saturated rings. The van der Waals surface area contributed by atoms with Crippen LogP contribution in [-0.4, -0.2) is 73.0 Å². The number of amides is 1. The van der Waals surface area contributed by atoms with Crippen LogP contribution in [0.5, 0.6) is 0 Å². The summed E-state index contributed by atoms with van der Waals surface area (Å²) in [6.45, 7) is 6.72. The number of nitrogens with one attached hydrogen (secondary N) is 1. The van der Waals surface area contributed by atoms with Crippen molar-refractivity contribution in [3.05, 3.63) is 10.1 Å². The monoisotopic (exact) mass is 394 g/mol. The Hall–Kier alpha value is -1.98. The third-order valence-corrected chi connectivity index (χ3v) is 3.42. The quantitative estimate of drug-likeness (QED) is 0.225. The van der Waals surface area contributed by atoms with Crippen molar-refractivity contribution in [2.75, 3.05) is 20.8 Å². The van der Waals surface area contributed by atoms with Gasteiger partial charge in [-0.3, -0.25) is 14.9 Å². The van der Waals surface area contributed by atoms with Gasteiger partial charge in [0.15, 0.2) is 0 Å². The molecule has 0 spiro atoms. The molecular weight excluding hydrogens is 364 g/mol. The Balaban J connectivity index is 5.41. The fourth-order valence-corrected chi connectivity index (χ4v) is 2.29. The Morgan fingerprint density at radius 2 is 1.78 bits per heavy atom. The first kappa shape index (κ1) is 25.0. The molecule has 0 heterocycles. The molecule has 0 aliphatic heterocycles. The molecule has 3 atom stereocenters. The maximum Gasteiger partial charge on any atom is 0.407 e. The molecular formula is C16H30N2O9. The normalized spacial score (nSPS) is 15.0. The molecule has 2 N–H and O–H groups in total. The Kier molecular flexibility index (Phi) is 10.8. The van der Waals surface area contributed by atoms with E-state index in [2.05, 4.69) is 5.32 Å². The molecule has 0 aromatic rings. The van der Waals surface area contributed by atoms with E-state index in [1.54, 1.807) is 27.7 Å².